The molecular weight excluding hydrogens is 516 g/mol. The minimum atomic E-state index is -0.189. The van der Waals surface area contributed by atoms with Gasteiger partial charge >= 0.3 is 0 Å². The van der Waals surface area contributed by atoms with E-state index in [1.165, 1.54) is 0 Å². The lowest BCUT2D eigenvalue weighted by molar-refractivity contribution is -0.0414. The third kappa shape index (κ3) is 5.68. The number of anilines is 3. The van der Waals surface area contributed by atoms with E-state index in [1.54, 1.807) is 11.3 Å². The van der Waals surface area contributed by atoms with E-state index in [0.717, 1.165) is 76.8 Å². The fourth-order valence-electron chi connectivity index (χ4n) is 4.71. The van der Waals surface area contributed by atoms with Crippen LogP contribution in [0, 0.1) is 0 Å². The number of fused-ring (bicyclic) bond motifs is 1. The molecule has 182 valence electrons. The summed E-state index contributed by atoms with van der Waals surface area (Å²) in [5.74, 6) is 1.36. The molecule has 0 spiro atoms. The summed E-state index contributed by atoms with van der Waals surface area (Å²) in [5, 5.41) is 17.6. The molecule has 0 bridgehead atoms. The van der Waals surface area contributed by atoms with Crippen molar-refractivity contribution in [3.63, 3.8) is 0 Å². The Morgan fingerprint density at radius 1 is 1.09 bits per heavy atom. The Morgan fingerprint density at radius 2 is 1.85 bits per heavy atom. The number of benzene rings is 1. The summed E-state index contributed by atoms with van der Waals surface area (Å²) in [6.07, 6.45) is 3.27. The maximum atomic E-state index is 9.86. The second-order valence-corrected chi connectivity index (χ2v) is 11.3. The molecule has 5 rings (SSSR count). The number of halogens is 1. The van der Waals surface area contributed by atoms with Crippen molar-refractivity contribution in [2.45, 2.75) is 70.3 Å². The fourth-order valence-corrected chi connectivity index (χ4v) is 6.13. The summed E-state index contributed by atoms with van der Waals surface area (Å²) in [6.45, 7) is 6.59. The van der Waals surface area contributed by atoms with Crippen LogP contribution in [-0.4, -0.2) is 62.4 Å². The summed E-state index contributed by atoms with van der Waals surface area (Å²) in [4.78, 5) is 16.8. The summed E-state index contributed by atoms with van der Waals surface area (Å²) in [7, 11) is 0. The standard InChI is InChI=1S/C24H31BrN6O2S/c1-14-12-33-13-15(2)31(14)11-18-10-22(29-23(27-18)26-17-4-6-19(32)7-5-17)30-24-28-20-8-3-16(25)9-21(20)34-24/h3,8-10,14-15,17,19,32H,4-7,11-13H2,1-2H3,(H2,26,27,28,29,30)/t14?,15?,17-,19-. The van der Waals surface area contributed by atoms with Gasteiger partial charge in [0.2, 0.25) is 5.95 Å². The van der Waals surface area contributed by atoms with E-state index in [1.807, 2.05) is 18.2 Å². The van der Waals surface area contributed by atoms with Gasteiger partial charge in [0.25, 0.3) is 0 Å². The first-order valence-corrected chi connectivity index (χ1v) is 13.5. The molecule has 3 N–H and O–H groups in total. The van der Waals surface area contributed by atoms with Gasteiger partial charge in [-0.2, -0.15) is 4.98 Å². The highest BCUT2D eigenvalue weighted by Gasteiger charge is 2.26. The quantitative estimate of drug-likeness (QED) is 0.401. The van der Waals surface area contributed by atoms with Crippen molar-refractivity contribution in [3.05, 3.63) is 34.4 Å². The average Bonchev–Trinajstić information content (AvgIpc) is 3.19. The fraction of sp³-hybridized carbons (Fsp3) is 0.542. The van der Waals surface area contributed by atoms with Gasteiger partial charge in [0.15, 0.2) is 5.13 Å². The summed E-state index contributed by atoms with van der Waals surface area (Å²) in [5.41, 5.74) is 1.92. The van der Waals surface area contributed by atoms with Crippen molar-refractivity contribution < 1.29 is 9.84 Å². The van der Waals surface area contributed by atoms with Crippen LogP contribution in [-0.2, 0) is 11.3 Å². The third-order valence-corrected chi connectivity index (χ3v) is 8.02. The lowest BCUT2D eigenvalue weighted by atomic mass is 9.93. The summed E-state index contributed by atoms with van der Waals surface area (Å²) >= 11 is 5.14. The highest BCUT2D eigenvalue weighted by atomic mass is 79.9. The Bertz CT molecular complexity index is 1130. The number of morpholine rings is 1. The second kappa shape index (κ2) is 10.4. The molecule has 8 nitrogen and oxygen atoms in total. The van der Waals surface area contributed by atoms with Crippen molar-refractivity contribution in [1.82, 2.24) is 19.9 Å². The van der Waals surface area contributed by atoms with E-state index >= 15 is 0 Å². The molecule has 0 amide bonds. The van der Waals surface area contributed by atoms with E-state index in [4.69, 9.17) is 19.7 Å². The van der Waals surface area contributed by atoms with Gasteiger partial charge in [-0.05, 0) is 57.7 Å². The first kappa shape index (κ1) is 23.9. The number of aliphatic hydroxyl groups is 1. The number of nitrogens with zero attached hydrogens (tertiary/aromatic N) is 4. The van der Waals surface area contributed by atoms with Crippen molar-refractivity contribution >= 4 is 54.4 Å². The van der Waals surface area contributed by atoms with Crippen LogP contribution in [0.25, 0.3) is 10.2 Å². The summed E-state index contributed by atoms with van der Waals surface area (Å²) < 4.78 is 7.86. The molecule has 2 aliphatic rings. The molecule has 1 saturated heterocycles. The van der Waals surface area contributed by atoms with Gasteiger partial charge in [-0.25, -0.2) is 9.97 Å². The molecule has 1 aliphatic carbocycles. The zero-order valence-corrected chi connectivity index (χ0v) is 21.9. The highest BCUT2D eigenvalue weighted by Crippen LogP contribution is 2.31. The third-order valence-electron chi connectivity index (χ3n) is 6.59. The average molecular weight is 548 g/mol. The van der Waals surface area contributed by atoms with Crippen molar-refractivity contribution in [2.75, 3.05) is 23.8 Å². The Hall–Kier alpha value is -1.85. The van der Waals surface area contributed by atoms with Crippen LogP contribution in [0.15, 0.2) is 28.7 Å². The molecule has 1 aromatic carbocycles. The summed E-state index contributed by atoms with van der Waals surface area (Å²) in [6, 6.07) is 9.04. The molecule has 1 aliphatic heterocycles. The van der Waals surface area contributed by atoms with Gasteiger partial charge < -0.3 is 20.5 Å². The number of rotatable bonds is 6. The second-order valence-electron chi connectivity index (χ2n) is 9.38. The molecule has 2 aromatic heterocycles. The number of nitrogens with one attached hydrogen (secondary N) is 2. The number of hydrogen-bond acceptors (Lipinski definition) is 9. The number of ether oxygens (including phenoxy) is 1. The predicted molar refractivity (Wildman–Crippen MR) is 140 cm³/mol. The van der Waals surface area contributed by atoms with Crippen molar-refractivity contribution in [2.24, 2.45) is 0 Å². The SMILES string of the molecule is CC1COCC(C)N1Cc1cc(Nc2nc3ccc(Br)cc3s2)nc(N[C@H]2CC[C@H](O)CC2)n1. The maximum Gasteiger partial charge on any atom is 0.225 e. The van der Waals surface area contributed by atoms with Crippen LogP contribution in [0.2, 0.25) is 0 Å². The first-order valence-electron chi connectivity index (χ1n) is 11.9. The van der Waals surface area contributed by atoms with Crippen molar-refractivity contribution in [1.29, 1.82) is 0 Å². The molecule has 1 saturated carbocycles. The molecule has 3 heterocycles. The first-order chi connectivity index (χ1) is 16.4. The minimum absolute atomic E-state index is 0.189. The smallest absolute Gasteiger partial charge is 0.225 e. The number of hydrogen-bond donors (Lipinski definition) is 3. The number of aliphatic hydroxyl groups excluding tert-OH is 1. The molecule has 34 heavy (non-hydrogen) atoms. The largest absolute Gasteiger partial charge is 0.393 e. The van der Waals surface area contributed by atoms with E-state index in [-0.39, 0.29) is 12.1 Å². The van der Waals surface area contributed by atoms with E-state index in [0.29, 0.717) is 18.0 Å². The lowest BCUT2D eigenvalue weighted by Crippen LogP contribution is -2.49. The van der Waals surface area contributed by atoms with E-state index in [9.17, 15) is 5.11 Å². The van der Waals surface area contributed by atoms with Gasteiger partial charge in [0.1, 0.15) is 5.82 Å². The number of thiazole rings is 1. The Kier molecular flexibility index (Phi) is 7.31. The molecule has 3 aromatic rings. The van der Waals surface area contributed by atoms with Crippen LogP contribution >= 0.6 is 27.3 Å². The van der Waals surface area contributed by atoms with E-state index < -0.39 is 0 Å². The van der Waals surface area contributed by atoms with Crippen LogP contribution in [0.1, 0.15) is 45.2 Å². The van der Waals surface area contributed by atoms with Crippen molar-refractivity contribution in [3.8, 4) is 0 Å². The number of aromatic nitrogens is 3. The predicted octanol–water partition coefficient (Wildman–Crippen LogP) is 4.92. The van der Waals surface area contributed by atoms with Crippen LogP contribution < -0.4 is 10.6 Å². The molecule has 2 unspecified atom stereocenters. The minimum Gasteiger partial charge on any atom is -0.393 e. The molecule has 2 atom stereocenters. The molecule has 0 radical (unpaired) electrons. The van der Waals surface area contributed by atoms with Gasteiger partial charge in [-0.1, -0.05) is 27.3 Å². The zero-order chi connectivity index (χ0) is 23.7. The van der Waals surface area contributed by atoms with Gasteiger partial charge in [0, 0.05) is 35.2 Å². The van der Waals surface area contributed by atoms with Crippen LogP contribution in [0.5, 0.6) is 0 Å². The highest BCUT2D eigenvalue weighted by molar-refractivity contribution is 9.10. The van der Waals surface area contributed by atoms with Gasteiger partial charge in [-0.15, -0.1) is 0 Å². The van der Waals surface area contributed by atoms with Gasteiger partial charge in [0.05, 0.1) is 35.2 Å². The lowest BCUT2D eigenvalue weighted by Gasteiger charge is -2.38. The molecule has 10 heteroatoms. The normalized spacial score (nSPS) is 26.0. The monoisotopic (exact) mass is 546 g/mol. The molecular formula is C24H31BrN6O2S. The Morgan fingerprint density at radius 3 is 2.62 bits per heavy atom. The van der Waals surface area contributed by atoms with E-state index in [2.05, 4.69) is 51.4 Å². The topological polar surface area (TPSA) is 95.4 Å². The van der Waals surface area contributed by atoms with Crippen LogP contribution in [0.3, 0.4) is 0 Å². The zero-order valence-electron chi connectivity index (χ0n) is 19.5. The molecule has 2 fully saturated rings. The van der Waals surface area contributed by atoms with Gasteiger partial charge in [-0.3, -0.25) is 4.90 Å². The maximum absolute atomic E-state index is 9.86. The Labute approximate surface area is 212 Å². The Balaban J connectivity index is 1.40. The van der Waals surface area contributed by atoms with Crippen LogP contribution in [0.4, 0.5) is 16.9 Å².